The van der Waals surface area contributed by atoms with E-state index in [1.807, 2.05) is 0 Å². The highest BCUT2D eigenvalue weighted by molar-refractivity contribution is 6.31. The van der Waals surface area contributed by atoms with Crippen molar-refractivity contribution in [3.05, 3.63) is 81.7 Å². The van der Waals surface area contributed by atoms with Gasteiger partial charge in [-0.25, -0.2) is 0 Å². The lowest BCUT2D eigenvalue weighted by Gasteiger charge is -2.43. The monoisotopic (exact) mass is 818 g/mol. The summed E-state index contributed by atoms with van der Waals surface area (Å²) in [6.07, 6.45) is -3.29. The molecule has 18 heteroatoms. The number of pyridine rings is 1. The van der Waals surface area contributed by atoms with Crippen molar-refractivity contribution in [3.63, 3.8) is 0 Å². The van der Waals surface area contributed by atoms with Crippen molar-refractivity contribution in [1.29, 1.82) is 0 Å². The number of ether oxygens (including phenoxy) is 3. The summed E-state index contributed by atoms with van der Waals surface area (Å²) >= 11 is 0. The molecular weight excluding hydrogens is 772 g/mol. The second kappa shape index (κ2) is 17.2. The Balaban J connectivity index is 1.25. The average molecular weight is 819 g/mol. The van der Waals surface area contributed by atoms with E-state index in [2.05, 4.69) is 15.6 Å². The number of benzene rings is 2. The van der Waals surface area contributed by atoms with E-state index in [1.165, 1.54) is 68.6 Å². The molecular formula is C41H46N4O14. The van der Waals surface area contributed by atoms with Crippen LogP contribution in [0.2, 0.25) is 0 Å². The van der Waals surface area contributed by atoms with Gasteiger partial charge in [0.05, 0.1) is 48.6 Å². The van der Waals surface area contributed by atoms with Gasteiger partial charge in [0.25, 0.3) is 5.91 Å². The fraction of sp³-hybridized carbons (Fsp3) is 0.439. The molecule has 0 spiro atoms. The van der Waals surface area contributed by atoms with Crippen LogP contribution in [0.5, 0.6) is 17.2 Å². The van der Waals surface area contributed by atoms with Crippen LogP contribution in [0.15, 0.2) is 42.7 Å². The first-order valence-electron chi connectivity index (χ1n) is 19.1. The molecule has 0 saturated carbocycles. The number of Topliss-reactive ketones (excluding diaryl/α,β-unsaturated/α-hetero) is 1. The number of carbonyl (C=O) groups excluding carboxylic acids is 6. The zero-order valence-corrected chi connectivity index (χ0v) is 32.8. The number of rotatable bonds is 13. The largest absolute Gasteiger partial charge is 0.507 e. The zero-order valence-electron chi connectivity index (χ0n) is 32.8. The third kappa shape index (κ3) is 8.13. The molecule has 2 aliphatic carbocycles. The van der Waals surface area contributed by atoms with Crippen molar-refractivity contribution >= 4 is 35.1 Å². The summed E-state index contributed by atoms with van der Waals surface area (Å²) in [6, 6.07) is 5.20. The summed E-state index contributed by atoms with van der Waals surface area (Å²) in [7, 11) is 1.29. The summed E-state index contributed by atoms with van der Waals surface area (Å²) in [5, 5.41) is 61.2. The fourth-order valence-electron chi connectivity index (χ4n) is 7.94. The molecule has 1 fully saturated rings. The van der Waals surface area contributed by atoms with Gasteiger partial charge in [0.2, 0.25) is 17.6 Å². The highest BCUT2D eigenvalue weighted by Crippen LogP contribution is 2.52. The van der Waals surface area contributed by atoms with Gasteiger partial charge in [-0.1, -0.05) is 19.1 Å². The minimum Gasteiger partial charge on any atom is -0.507 e. The van der Waals surface area contributed by atoms with E-state index < -0.39 is 126 Å². The number of ketones is 3. The van der Waals surface area contributed by atoms with Gasteiger partial charge in [-0.3, -0.25) is 33.8 Å². The number of hydrogen-bond acceptors (Lipinski definition) is 15. The molecule has 7 N–H and O–H groups in total. The minimum atomic E-state index is -2.38. The Morgan fingerprint density at radius 2 is 1.75 bits per heavy atom. The Morgan fingerprint density at radius 1 is 1.05 bits per heavy atom. The van der Waals surface area contributed by atoms with Crippen molar-refractivity contribution in [2.24, 2.45) is 0 Å². The van der Waals surface area contributed by atoms with E-state index >= 15 is 0 Å². The number of aromatic hydroxyl groups is 2. The average Bonchev–Trinajstić information content (AvgIpc) is 3.21. The standard InChI is InChI=1S/C41H46N4O14/c1-5-13-45(40(55)19(2)43-39(54)21-9-11-42-12-10-21)17-28(48)44-24-14-29(58-20(3)34(24)49)59-26-16-41(56,27(47)18-46)15-23-31(26)38(53)33-32(36(23)51)35(50)22-7-6-8-25(57-4)30(22)37(33)52/h6-12,19-20,24,26,29,34,46,49,51,53,56H,5,13-18H2,1-4H3,(H,43,54)(H,44,48)/t19-,20?,24?,26+,29?,34?,41+/m1/s1. The molecule has 18 nitrogen and oxygen atoms in total. The highest BCUT2D eigenvalue weighted by Gasteiger charge is 2.50. The molecule has 59 heavy (non-hydrogen) atoms. The molecule has 2 heterocycles. The topological polar surface area (TPSA) is 271 Å². The van der Waals surface area contributed by atoms with Gasteiger partial charge >= 0.3 is 0 Å². The van der Waals surface area contributed by atoms with E-state index in [-0.39, 0.29) is 41.0 Å². The van der Waals surface area contributed by atoms with Crippen LogP contribution < -0.4 is 15.4 Å². The normalized spacial score (nSPS) is 23.9. The van der Waals surface area contributed by atoms with Crippen LogP contribution in [-0.4, -0.2) is 133 Å². The maximum atomic E-state index is 14.0. The molecule has 3 aliphatic rings. The van der Waals surface area contributed by atoms with Crippen LogP contribution in [0.3, 0.4) is 0 Å². The number of carbonyl (C=O) groups is 6. The lowest BCUT2D eigenvalue weighted by atomic mass is 9.72. The Hall–Kier alpha value is -5.79. The van der Waals surface area contributed by atoms with E-state index in [0.29, 0.717) is 12.0 Å². The van der Waals surface area contributed by atoms with Crippen molar-refractivity contribution in [2.45, 2.75) is 88.7 Å². The summed E-state index contributed by atoms with van der Waals surface area (Å²) in [5.41, 5.74) is -3.96. The Kier molecular flexibility index (Phi) is 12.5. The highest BCUT2D eigenvalue weighted by atomic mass is 16.7. The molecule has 4 unspecified atom stereocenters. The molecule has 6 rings (SSSR count). The second-order valence-corrected chi connectivity index (χ2v) is 14.9. The smallest absolute Gasteiger partial charge is 0.252 e. The number of fused-ring (bicyclic) bond motifs is 3. The van der Waals surface area contributed by atoms with Gasteiger partial charge in [-0.05, 0) is 38.5 Å². The maximum Gasteiger partial charge on any atom is 0.252 e. The summed E-state index contributed by atoms with van der Waals surface area (Å²) in [4.78, 5) is 85.4. The van der Waals surface area contributed by atoms with Crippen LogP contribution in [0, 0.1) is 0 Å². The van der Waals surface area contributed by atoms with Gasteiger partial charge in [0, 0.05) is 60.5 Å². The van der Waals surface area contributed by atoms with Crippen LogP contribution >= 0.6 is 0 Å². The number of aliphatic hydroxyl groups is 3. The lowest BCUT2D eigenvalue weighted by Crippen LogP contribution is -2.57. The molecule has 314 valence electrons. The van der Waals surface area contributed by atoms with Gasteiger partial charge in [0.15, 0.2) is 17.9 Å². The molecule has 3 amide bonds. The van der Waals surface area contributed by atoms with E-state index in [0.717, 1.165) is 0 Å². The first-order valence-corrected chi connectivity index (χ1v) is 19.1. The van der Waals surface area contributed by atoms with Crippen molar-refractivity contribution in [2.75, 3.05) is 26.8 Å². The minimum absolute atomic E-state index is 0.0412. The number of amides is 3. The molecule has 1 aliphatic heterocycles. The van der Waals surface area contributed by atoms with Crippen LogP contribution in [-0.2, 0) is 30.3 Å². The van der Waals surface area contributed by atoms with Gasteiger partial charge in [-0.15, -0.1) is 0 Å². The number of hydrogen-bond donors (Lipinski definition) is 7. The Bertz CT molecular complexity index is 2180. The van der Waals surface area contributed by atoms with E-state index in [9.17, 15) is 54.3 Å². The lowest BCUT2D eigenvalue weighted by molar-refractivity contribution is -0.249. The predicted octanol–water partition coefficient (Wildman–Crippen LogP) is 0.611. The quantitative estimate of drug-likeness (QED) is 0.0911. The van der Waals surface area contributed by atoms with Crippen LogP contribution in [0.4, 0.5) is 0 Å². The number of methoxy groups -OCH3 is 1. The summed E-state index contributed by atoms with van der Waals surface area (Å²) in [6.45, 7) is 3.42. The molecule has 7 atom stereocenters. The van der Waals surface area contributed by atoms with Crippen molar-refractivity contribution in [1.82, 2.24) is 20.5 Å². The van der Waals surface area contributed by atoms with Crippen molar-refractivity contribution in [3.8, 4) is 17.2 Å². The van der Waals surface area contributed by atoms with Gasteiger partial charge in [0.1, 0.15) is 41.6 Å². The second-order valence-electron chi connectivity index (χ2n) is 14.9. The molecule has 1 saturated heterocycles. The number of aliphatic hydroxyl groups excluding tert-OH is 2. The van der Waals surface area contributed by atoms with Gasteiger partial charge < -0.3 is 55.3 Å². The molecule has 1 aromatic heterocycles. The number of phenolic OH excluding ortho intramolecular Hbond substituents is 2. The zero-order chi connectivity index (χ0) is 42.9. The summed E-state index contributed by atoms with van der Waals surface area (Å²) < 4.78 is 17.5. The number of aromatic nitrogens is 1. The van der Waals surface area contributed by atoms with Crippen LogP contribution in [0.25, 0.3) is 0 Å². The molecule has 0 bridgehead atoms. The number of phenols is 2. The summed E-state index contributed by atoms with van der Waals surface area (Å²) in [5.74, 6) is -5.92. The molecule has 3 aromatic rings. The number of nitrogens with one attached hydrogen (secondary N) is 2. The maximum absolute atomic E-state index is 14.0. The molecule has 2 aromatic carbocycles. The van der Waals surface area contributed by atoms with E-state index in [1.54, 1.807) is 6.92 Å². The van der Waals surface area contributed by atoms with Gasteiger partial charge in [-0.2, -0.15) is 0 Å². The first-order chi connectivity index (χ1) is 28.0. The number of nitrogens with zero attached hydrogens (tertiary/aromatic N) is 2. The Labute approximate surface area is 338 Å². The Morgan fingerprint density at radius 3 is 2.41 bits per heavy atom. The van der Waals surface area contributed by atoms with E-state index in [4.69, 9.17) is 14.2 Å². The third-order valence-electron chi connectivity index (χ3n) is 10.9. The SMILES string of the molecule is CCCN(CC(=O)NC1CC(O[C@H]2C[C@](O)(C(=O)CO)Cc3c(O)c4c(c(O)c32)C(=O)c2c(OC)cccc2C4=O)OC(C)C1O)C(=O)[C@@H](C)NC(=O)c1ccncc1. The van der Waals surface area contributed by atoms with Crippen LogP contribution in [0.1, 0.15) is 99.5 Å². The third-order valence-corrected chi connectivity index (χ3v) is 10.9. The predicted molar refractivity (Wildman–Crippen MR) is 204 cm³/mol. The van der Waals surface area contributed by atoms with Crippen molar-refractivity contribution < 1.29 is 68.5 Å². The first kappa shape index (κ1) is 42.8. The fourth-order valence-corrected chi connectivity index (χ4v) is 7.94. The molecule has 0 radical (unpaired) electrons.